The fourth-order valence-corrected chi connectivity index (χ4v) is 2.25. The van der Waals surface area contributed by atoms with E-state index in [0.717, 1.165) is 6.54 Å². The van der Waals surface area contributed by atoms with Gasteiger partial charge in [0.2, 0.25) is 0 Å². The second-order valence-corrected chi connectivity index (χ2v) is 5.52. The summed E-state index contributed by atoms with van der Waals surface area (Å²) in [5.41, 5.74) is 1.89. The minimum Gasteiger partial charge on any atom is -0.349 e. The van der Waals surface area contributed by atoms with Gasteiger partial charge >= 0.3 is 0 Å². The third-order valence-electron chi connectivity index (χ3n) is 3.35. The van der Waals surface area contributed by atoms with Crippen LogP contribution in [0.15, 0.2) is 36.7 Å². The Kier molecular flexibility index (Phi) is 3.58. The van der Waals surface area contributed by atoms with Crippen molar-refractivity contribution < 1.29 is 4.39 Å². The first kappa shape index (κ1) is 12.7. The molecule has 0 spiro atoms. The first-order valence-corrected chi connectivity index (χ1v) is 6.90. The van der Waals surface area contributed by atoms with Crippen LogP contribution in [-0.2, 0) is 13.1 Å². The number of aromatic nitrogens is 1. The van der Waals surface area contributed by atoms with E-state index < -0.39 is 0 Å². The molecular formula is C15H16ClFN2. The first-order valence-electron chi connectivity index (χ1n) is 6.53. The van der Waals surface area contributed by atoms with E-state index in [-0.39, 0.29) is 5.82 Å². The van der Waals surface area contributed by atoms with Crippen molar-refractivity contribution in [2.24, 2.45) is 0 Å². The number of halogens is 2. The molecule has 1 heterocycles. The van der Waals surface area contributed by atoms with Crippen LogP contribution < -0.4 is 5.32 Å². The molecule has 2 aromatic rings. The Balaban J connectivity index is 1.65. The molecule has 1 aliphatic rings. The predicted octanol–water partition coefficient (Wildman–Crippen LogP) is 3.58. The van der Waals surface area contributed by atoms with E-state index in [1.807, 2.05) is 10.8 Å². The minimum absolute atomic E-state index is 0.251. The normalized spacial score (nSPS) is 14.8. The molecule has 0 unspecified atom stereocenters. The van der Waals surface area contributed by atoms with Gasteiger partial charge in [-0.05, 0) is 36.6 Å². The average Bonchev–Trinajstić information content (AvgIpc) is 3.10. The molecule has 1 saturated carbocycles. The zero-order chi connectivity index (χ0) is 13.2. The Hall–Kier alpha value is -1.32. The van der Waals surface area contributed by atoms with Gasteiger partial charge in [-0.1, -0.05) is 17.7 Å². The van der Waals surface area contributed by atoms with E-state index in [2.05, 4.69) is 17.6 Å². The summed E-state index contributed by atoms with van der Waals surface area (Å²) >= 11 is 5.75. The summed E-state index contributed by atoms with van der Waals surface area (Å²) in [6.45, 7) is 1.42. The number of hydrogen-bond donors (Lipinski definition) is 1. The van der Waals surface area contributed by atoms with Crippen LogP contribution in [0.25, 0.3) is 0 Å². The lowest BCUT2D eigenvalue weighted by Crippen LogP contribution is -2.14. The van der Waals surface area contributed by atoms with Crippen LogP contribution in [0, 0.1) is 5.82 Å². The molecule has 0 aliphatic heterocycles. The molecule has 1 fully saturated rings. The lowest BCUT2D eigenvalue weighted by Gasteiger charge is -2.05. The SMILES string of the molecule is Fc1cc(Cl)ccc1Cn1ccc(CNC2CC2)c1. The molecule has 1 N–H and O–H groups in total. The zero-order valence-corrected chi connectivity index (χ0v) is 11.3. The standard InChI is InChI=1S/C15H16ClFN2/c16-13-2-1-12(15(17)7-13)10-19-6-5-11(9-19)8-18-14-3-4-14/h1-2,5-7,9,14,18H,3-4,8,10H2. The topological polar surface area (TPSA) is 17.0 Å². The van der Waals surface area contributed by atoms with Crippen LogP contribution in [-0.4, -0.2) is 10.6 Å². The Labute approximate surface area is 117 Å². The Morgan fingerprint density at radius 2 is 2.16 bits per heavy atom. The number of hydrogen-bond acceptors (Lipinski definition) is 1. The number of rotatable bonds is 5. The molecule has 2 nitrogen and oxygen atoms in total. The number of nitrogens with zero attached hydrogens (tertiary/aromatic N) is 1. The van der Waals surface area contributed by atoms with Gasteiger partial charge in [-0.25, -0.2) is 4.39 Å². The molecule has 1 aromatic carbocycles. The van der Waals surface area contributed by atoms with Crippen molar-refractivity contribution in [2.45, 2.75) is 32.0 Å². The van der Waals surface area contributed by atoms with Crippen LogP contribution in [0.2, 0.25) is 5.02 Å². The van der Waals surface area contributed by atoms with Crippen molar-refractivity contribution in [3.05, 3.63) is 58.6 Å². The molecule has 4 heteroatoms. The van der Waals surface area contributed by atoms with E-state index in [1.54, 1.807) is 12.1 Å². The van der Waals surface area contributed by atoms with Crippen LogP contribution >= 0.6 is 11.6 Å². The quantitative estimate of drug-likeness (QED) is 0.885. The van der Waals surface area contributed by atoms with E-state index in [0.29, 0.717) is 23.2 Å². The third-order valence-corrected chi connectivity index (χ3v) is 3.59. The van der Waals surface area contributed by atoms with Gasteiger partial charge in [0.1, 0.15) is 5.82 Å². The predicted molar refractivity (Wildman–Crippen MR) is 74.8 cm³/mol. The van der Waals surface area contributed by atoms with E-state index in [1.165, 1.54) is 24.5 Å². The Morgan fingerprint density at radius 3 is 2.89 bits per heavy atom. The minimum atomic E-state index is -0.251. The summed E-state index contributed by atoms with van der Waals surface area (Å²) in [6.07, 6.45) is 6.62. The average molecular weight is 279 g/mol. The van der Waals surface area contributed by atoms with Gasteiger partial charge in [-0.3, -0.25) is 0 Å². The maximum absolute atomic E-state index is 13.7. The van der Waals surface area contributed by atoms with Gasteiger partial charge in [0.05, 0.1) is 0 Å². The molecule has 0 amide bonds. The van der Waals surface area contributed by atoms with E-state index in [9.17, 15) is 4.39 Å². The molecule has 100 valence electrons. The highest BCUT2D eigenvalue weighted by Gasteiger charge is 2.19. The maximum atomic E-state index is 13.7. The van der Waals surface area contributed by atoms with Crippen molar-refractivity contribution in [1.29, 1.82) is 0 Å². The van der Waals surface area contributed by atoms with Gasteiger partial charge < -0.3 is 9.88 Å². The lowest BCUT2D eigenvalue weighted by molar-refractivity contribution is 0.599. The largest absolute Gasteiger partial charge is 0.349 e. The van der Waals surface area contributed by atoms with E-state index >= 15 is 0 Å². The van der Waals surface area contributed by atoms with Crippen LogP contribution in [0.4, 0.5) is 4.39 Å². The molecule has 0 saturated heterocycles. The molecule has 1 aliphatic carbocycles. The van der Waals surface area contributed by atoms with E-state index in [4.69, 9.17) is 11.6 Å². The van der Waals surface area contributed by atoms with Gasteiger partial charge in [-0.15, -0.1) is 0 Å². The summed E-state index contributed by atoms with van der Waals surface area (Å²) in [5, 5.41) is 3.90. The highest BCUT2D eigenvalue weighted by Crippen LogP contribution is 2.20. The summed E-state index contributed by atoms with van der Waals surface area (Å²) < 4.78 is 15.7. The van der Waals surface area contributed by atoms with Crippen molar-refractivity contribution >= 4 is 11.6 Å². The Bertz CT molecular complexity index is 575. The van der Waals surface area contributed by atoms with Crippen LogP contribution in [0.1, 0.15) is 24.0 Å². The fourth-order valence-electron chi connectivity index (χ4n) is 2.09. The molecule has 0 bridgehead atoms. The highest BCUT2D eigenvalue weighted by atomic mass is 35.5. The fraction of sp³-hybridized carbons (Fsp3) is 0.333. The van der Waals surface area contributed by atoms with Crippen molar-refractivity contribution in [3.8, 4) is 0 Å². The second kappa shape index (κ2) is 5.35. The smallest absolute Gasteiger partial charge is 0.129 e. The molecule has 3 rings (SSSR count). The molecule has 0 atom stereocenters. The lowest BCUT2D eigenvalue weighted by atomic mass is 10.2. The van der Waals surface area contributed by atoms with Crippen LogP contribution in [0.3, 0.4) is 0 Å². The highest BCUT2D eigenvalue weighted by molar-refractivity contribution is 6.30. The van der Waals surface area contributed by atoms with Crippen molar-refractivity contribution in [3.63, 3.8) is 0 Å². The summed E-state index contributed by atoms with van der Waals surface area (Å²) in [7, 11) is 0. The number of benzene rings is 1. The van der Waals surface area contributed by atoms with Crippen LogP contribution in [0.5, 0.6) is 0 Å². The van der Waals surface area contributed by atoms with Gasteiger partial charge in [0.25, 0.3) is 0 Å². The molecule has 0 radical (unpaired) electrons. The molecular weight excluding hydrogens is 263 g/mol. The second-order valence-electron chi connectivity index (χ2n) is 5.08. The summed E-state index contributed by atoms with van der Waals surface area (Å²) in [5.74, 6) is -0.251. The Morgan fingerprint density at radius 1 is 1.32 bits per heavy atom. The molecule has 1 aromatic heterocycles. The van der Waals surface area contributed by atoms with Gasteiger partial charge in [0, 0.05) is 42.1 Å². The van der Waals surface area contributed by atoms with Crippen molar-refractivity contribution in [2.75, 3.05) is 0 Å². The summed E-state index contributed by atoms with van der Waals surface area (Å²) in [4.78, 5) is 0. The number of nitrogens with one attached hydrogen (secondary N) is 1. The molecule has 19 heavy (non-hydrogen) atoms. The summed E-state index contributed by atoms with van der Waals surface area (Å²) in [6, 6.07) is 7.59. The monoisotopic (exact) mass is 278 g/mol. The van der Waals surface area contributed by atoms with Gasteiger partial charge in [0.15, 0.2) is 0 Å². The van der Waals surface area contributed by atoms with Crippen molar-refractivity contribution in [1.82, 2.24) is 9.88 Å². The van der Waals surface area contributed by atoms with Gasteiger partial charge in [-0.2, -0.15) is 0 Å². The maximum Gasteiger partial charge on any atom is 0.129 e. The first-order chi connectivity index (χ1) is 9.20. The third kappa shape index (κ3) is 3.37. The zero-order valence-electron chi connectivity index (χ0n) is 10.6.